The van der Waals surface area contributed by atoms with Crippen molar-refractivity contribution in [3.63, 3.8) is 0 Å². The van der Waals surface area contributed by atoms with Gasteiger partial charge in [-0.2, -0.15) is 26.3 Å². The third-order valence-corrected chi connectivity index (χ3v) is 6.70. The SMILES string of the molecule is O=C(c1nnn(Cc2cc(C(F)(F)F)cc(C(F)(F)F)c2)c1-c1ccccc1)c1nnn(CCO)c1-c1ccccc1Cl. The van der Waals surface area contributed by atoms with Crippen LogP contribution in [0.15, 0.2) is 72.8 Å². The van der Waals surface area contributed by atoms with Crippen LogP contribution in [-0.4, -0.2) is 47.5 Å². The number of aliphatic hydroxyl groups is 1. The Kier molecular flexibility index (Phi) is 8.08. The molecule has 1 N–H and O–H groups in total. The number of hydrogen-bond acceptors (Lipinski definition) is 6. The molecular weight excluding hydrogens is 602 g/mol. The molecular formula is C28H19ClF6N6O2. The van der Waals surface area contributed by atoms with E-state index in [0.29, 0.717) is 23.3 Å². The molecule has 2 heterocycles. The number of benzene rings is 3. The Morgan fingerprint density at radius 2 is 1.33 bits per heavy atom. The first-order valence-electron chi connectivity index (χ1n) is 12.5. The van der Waals surface area contributed by atoms with Crippen molar-refractivity contribution < 1.29 is 36.2 Å². The number of carbonyl (C=O) groups excluding carboxylic acids is 1. The second-order valence-corrected chi connectivity index (χ2v) is 9.67. The normalized spacial score (nSPS) is 12.1. The Morgan fingerprint density at radius 3 is 1.91 bits per heavy atom. The van der Waals surface area contributed by atoms with Gasteiger partial charge in [0.15, 0.2) is 11.4 Å². The molecule has 0 fully saturated rings. The fourth-order valence-electron chi connectivity index (χ4n) is 4.49. The molecule has 8 nitrogen and oxygen atoms in total. The highest BCUT2D eigenvalue weighted by atomic mass is 35.5. The minimum absolute atomic E-state index is 0.0263. The lowest BCUT2D eigenvalue weighted by molar-refractivity contribution is -0.143. The van der Waals surface area contributed by atoms with Crippen LogP contribution in [-0.2, 0) is 25.4 Å². The highest BCUT2D eigenvalue weighted by molar-refractivity contribution is 6.33. The van der Waals surface area contributed by atoms with Gasteiger partial charge in [-0.05, 0) is 29.8 Å². The first-order chi connectivity index (χ1) is 20.4. The van der Waals surface area contributed by atoms with E-state index in [1.807, 2.05) is 0 Å². The molecule has 0 spiro atoms. The van der Waals surface area contributed by atoms with Crippen molar-refractivity contribution in [2.24, 2.45) is 0 Å². The van der Waals surface area contributed by atoms with Gasteiger partial charge in [0.25, 0.3) is 0 Å². The summed E-state index contributed by atoms with van der Waals surface area (Å²) in [6.45, 7) is -0.945. The number of rotatable bonds is 8. The Bertz CT molecular complexity index is 1750. The van der Waals surface area contributed by atoms with E-state index in [2.05, 4.69) is 20.6 Å². The van der Waals surface area contributed by atoms with E-state index in [1.54, 1.807) is 54.6 Å². The van der Waals surface area contributed by atoms with E-state index in [1.165, 1.54) is 4.68 Å². The maximum Gasteiger partial charge on any atom is 0.416 e. The predicted molar refractivity (Wildman–Crippen MR) is 142 cm³/mol. The Hall–Kier alpha value is -4.56. The first kappa shape index (κ1) is 29.9. The van der Waals surface area contributed by atoms with Crippen molar-refractivity contribution in [1.82, 2.24) is 30.0 Å². The quantitative estimate of drug-likeness (QED) is 0.165. The van der Waals surface area contributed by atoms with Crippen LogP contribution in [0.25, 0.3) is 22.5 Å². The summed E-state index contributed by atoms with van der Waals surface area (Å²) < 4.78 is 83.3. The number of halogens is 7. The number of hydrogen-bond donors (Lipinski definition) is 1. The molecule has 0 atom stereocenters. The average molecular weight is 621 g/mol. The molecule has 0 unspecified atom stereocenters. The number of alkyl halides is 6. The van der Waals surface area contributed by atoms with Crippen LogP contribution >= 0.6 is 11.6 Å². The van der Waals surface area contributed by atoms with Crippen molar-refractivity contribution in [3.05, 3.63) is 106 Å². The molecule has 5 rings (SSSR count). The highest BCUT2D eigenvalue weighted by Crippen LogP contribution is 2.37. The van der Waals surface area contributed by atoms with Crippen molar-refractivity contribution >= 4 is 17.4 Å². The topological polar surface area (TPSA) is 98.7 Å². The molecule has 0 aliphatic carbocycles. The molecule has 3 aromatic carbocycles. The lowest BCUT2D eigenvalue weighted by Gasteiger charge is -2.15. The van der Waals surface area contributed by atoms with E-state index in [9.17, 15) is 36.2 Å². The van der Waals surface area contributed by atoms with E-state index in [0.717, 1.165) is 4.68 Å². The second-order valence-electron chi connectivity index (χ2n) is 9.27. The number of aromatic nitrogens is 6. The van der Waals surface area contributed by atoms with Gasteiger partial charge in [-0.15, -0.1) is 10.2 Å². The van der Waals surface area contributed by atoms with Crippen molar-refractivity contribution in [1.29, 1.82) is 0 Å². The maximum absolute atomic E-state index is 14.0. The van der Waals surface area contributed by atoms with Gasteiger partial charge in [-0.25, -0.2) is 9.36 Å². The van der Waals surface area contributed by atoms with Crippen LogP contribution in [0, 0.1) is 0 Å². The smallest absolute Gasteiger partial charge is 0.394 e. The van der Waals surface area contributed by atoms with Crippen LogP contribution in [0.3, 0.4) is 0 Å². The van der Waals surface area contributed by atoms with E-state index >= 15 is 0 Å². The van der Waals surface area contributed by atoms with Crippen LogP contribution in [0.2, 0.25) is 5.02 Å². The van der Waals surface area contributed by atoms with Gasteiger partial charge in [0.1, 0.15) is 11.4 Å². The molecule has 0 amide bonds. The summed E-state index contributed by atoms with van der Waals surface area (Å²) in [5.41, 5.74) is -2.88. The summed E-state index contributed by atoms with van der Waals surface area (Å²) in [5.74, 6) is -0.788. The Labute approximate surface area is 244 Å². The van der Waals surface area contributed by atoms with Gasteiger partial charge in [0, 0.05) is 11.1 Å². The molecule has 5 aromatic rings. The van der Waals surface area contributed by atoms with Gasteiger partial charge in [0.05, 0.1) is 35.8 Å². The third-order valence-electron chi connectivity index (χ3n) is 6.37. The predicted octanol–water partition coefficient (Wildman–Crippen LogP) is 6.17. The fraction of sp³-hybridized carbons (Fsp3) is 0.179. The molecule has 15 heteroatoms. The lowest BCUT2D eigenvalue weighted by Crippen LogP contribution is -2.14. The van der Waals surface area contributed by atoms with Crippen LogP contribution in [0.4, 0.5) is 26.3 Å². The third kappa shape index (κ3) is 6.15. The summed E-state index contributed by atoms with van der Waals surface area (Å²) >= 11 is 6.39. The zero-order valence-electron chi connectivity index (χ0n) is 21.7. The van der Waals surface area contributed by atoms with Crippen LogP contribution in [0.1, 0.15) is 32.9 Å². The number of carbonyl (C=O) groups is 1. The van der Waals surface area contributed by atoms with Crippen LogP contribution in [0.5, 0.6) is 0 Å². The van der Waals surface area contributed by atoms with Gasteiger partial charge < -0.3 is 5.11 Å². The van der Waals surface area contributed by atoms with E-state index < -0.39 is 35.8 Å². The summed E-state index contributed by atoms with van der Waals surface area (Å²) in [7, 11) is 0. The molecule has 222 valence electrons. The maximum atomic E-state index is 14.0. The second kappa shape index (κ2) is 11.6. The average Bonchev–Trinajstić information content (AvgIpc) is 3.57. The molecule has 2 aromatic heterocycles. The van der Waals surface area contributed by atoms with Gasteiger partial charge >= 0.3 is 12.4 Å². The van der Waals surface area contributed by atoms with Gasteiger partial charge in [0.2, 0.25) is 5.78 Å². The first-order valence-corrected chi connectivity index (χ1v) is 12.9. The standard InChI is InChI=1S/C28H19ClF6N6O2/c29-21-9-5-4-8-20(21)25-23(37-38-40(25)10-11-42)26(43)22-24(17-6-2-1-3-7-17)41(39-36-22)15-16-12-18(27(30,31)32)14-19(13-16)28(33,34)35/h1-9,12-14,42H,10-11,15H2. The van der Waals surface area contributed by atoms with Crippen molar-refractivity contribution in [3.8, 4) is 22.5 Å². The zero-order valence-corrected chi connectivity index (χ0v) is 22.5. The van der Waals surface area contributed by atoms with Crippen molar-refractivity contribution in [2.45, 2.75) is 25.4 Å². The minimum Gasteiger partial charge on any atom is -0.394 e. The molecule has 0 aliphatic heterocycles. The summed E-state index contributed by atoms with van der Waals surface area (Å²) in [5, 5.41) is 25.7. The Balaban J connectivity index is 1.66. The number of ketones is 1. The number of aliphatic hydroxyl groups excluding tert-OH is 1. The molecule has 0 aliphatic rings. The monoisotopic (exact) mass is 620 g/mol. The summed E-state index contributed by atoms with van der Waals surface area (Å²) in [6.07, 6.45) is -10.1. The molecule has 0 saturated heterocycles. The fourth-order valence-corrected chi connectivity index (χ4v) is 4.72. The molecule has 0 bridgehead atoms. The number of nitrogens with zero attached hydrogens (tertiary/aromatic N) is 6. The highest BCUT2D eigenvalue weighted by Gasteiger charge is 2.37. The van der Waals surface area contributed by atoms with Crippen LogP contribution < -0.4 is 0 Å². The van der Waals surface area contributed by atoms with Gasteiger partial charge in [-0.3, -0.25) is 4.79 Å². The lowest BCUT2D eigenvalue weighted by atomic mass is 10.0. The largest absolute Gasteiger partial charge is 0.416 e. The van der Waals surface area contributed by atoms with E-state index in [-0.39, 0.29) is 52.6 Å². The summed E-state index contributed by atoms with van der Waals surface area (Å²) in [4.78, 5) is 14.0. The van der Waals surface area contributed by atoms with Gasteiger partial charge in [-0.1, -0.05) is 70.6 Å². The van der Waals surface area contributed by atoms with E-state index in [4.69, 9.17) is 11.6 Å². The minimum atomic E-state index is -5.04. The summed E-state index contributed by atoms with van der Waals surface area (Å²) in [6, 6.07) is 15.8. The molecule has 0 saturated carbocycles. The zero-order chi connectivity index (χ0) is 30.9. The molecule has 0 radical (unpaired) electrons. The Morgan fingerprint density at radius 1 is 0.767 bits per heavy atom. The molecule has 43 heavy (non-hydrogen) atoms. The van der Waals surface area contributed by atoms with Crippen molar-refractivity contribution in [2.75, 3.05) is 6.61 Å².